The molecule has 35 heavy (non-hydrogen) atoms. The number of aromatic hydroxyl groups is 1. The number of rotatable bonds is 2. The van der Waals surface area contributed by atoms with E-state index in [-0.39, 0.29) is 20.4 Å². The van der Waals surface area contributed by atoms with Crippen molar-refractivity contribution in [1.29, 1.82) is 0 Å². The Morgan fingerprint density at radius 3 is 1.66 bits per heavy atom. The van der Waals surface area contributed by atoms with Crippen molar-refractivity contribution >= 4 is 76.2 Å². The smallest absolute Gasteiger partial charge is 0.505 e. The standard InChI is InChI=1S/C8H6BrFOS2.C7H3BrF4O.C6H4BrFO/c1-13-8(12)11-6-4-2-3-5(9)7(6)10;8-4-2-1-3-5(6(4)9)13-7(10,11)12;7-4-2-1-3-5(9)6(4)8/h2-4H,1H3;1-3H;1-3,9H. The third-order valence-corrected chi connectivity index (χ3v) is 6.19. The summed E-state index contributed by atoms with van der Waals surface area (Å²) in [6, 6.07) is 12.6. The molecule has 0 spiro atoms. The summed E-state index contributed by atoms with van der Waals surface area (Å²) >= 11 is 14.8. The lowest BCUT2D eigenvalue weighted by Crippen LogP contribution is -2.17. The number of phenolic OH excluding ortho intramolecular Hbond substituents is 1. The second kappa shape index (κ2) is 14.9. The molecule has 3 nitrogen and oxygen atoms in total. The van der Waals surface area contributed by atoms with Crippen LogP contribution in [0.15, 0.2) is 68.0 Å². The van der Waals surface area contributed by atoms with Crippen molar-refractivity contribution in [3.63, 3.8) is 0 Å². The fourth-order valence-electron chi connectivity index (χ4n) is 1.87. The van der Waals surface area contributed by atoms with Gasteiger partial charge in [0.05, 0.1) is 13.4 Å². The van der Waals surface area contributed by atoms with Crippen LogP contribution in [0, 0.1) is 17.5 Å². The van der Waals surface area contributed by atoms with Gasteiger partial charge in [0.2, 0.25) is 4.38 Å². The highest BCUT2D eigenvalue weighted by atomic mass is 79.9. The van der Waals surface area contributed by atoms with Gasteiger partial charge < -0.3 is 14.6 Å². The Kier molecular flexibility index (Phi) is 13.5. The fourth-order valence-corrected chi connectivity index (χ4v) is 3.19. The van der Waals surface area contributed by atoms with E-state index < -0.39 is 29.6 Å². The Morgan fingerprint density at radius 1 is 0.800 bits per heavy atom. The van der Waals surface area contributed by atoms with Crippen LogP contribution in [0.25, 0.3) is 0 Å². The lowest BCUT2D eigenvalue weighted by atomic mass is 10.3. The molecule has 190 valence electrons. The first-order valence-electron chi connectivity index (χ1n) is 8.79. The Balaban J connectivity index is 0.000000267. The quantitative estimate of drug-likeness (QED) is 0.210. The van der Waals surface area contributed by atoms with Crippen LogP contribution in [0.3, 0.4) is 0 Å². The molecule has 3 rings (SSSR count). The second-order valence-electron chi connectivity index (χ2n) is 5.78. The predicted molar refractivity (Wildman–Crippen MR) is 137 cm³/mol. The summed E-state index contributed by atoms with van der Waals surface area (Å²) in [6.45, 7) is 0. The lowest BCUT2D eigenvalue weighted by Gasteiger charge is -2.09. The van der Waals surface area contributed by atoms with Crippen LogP contribution in [-0.4, -0.2) is 22.1 Å². The molecule has 0 unspecified atom stereocenters. The van der Waals surface area contributed by atoms with Gasteiger partial charge in [0, 0.05) is 0 Å². The van der Waals surface area contributed by atoms with Gasteiger partial charge in [-0.05, 0) is 103 Å². The van der Waals surface area contributed by atoms with Crippen molar-refractivity contribution in [3.8, 4) is 17.2 Å². The van der Waals surface area contributed by atoms with E-state index in [2.05, 4.69) is 52.5 Å². The average molecular weight is 731 g/mol. The molecular weight excluding hydrogens is 718 g/mol. The van der Waals surface area contributed by atoms with E-state index in [1.54, 1.807) is 24.5 Å². The number of hydrogen-bond acceptors (Lipinski definition) is 5. The van der Waals surface area contributed by atoms with Crippen LogP contribution in [0.1, 0.15) is 0 Å². The number of hydrogen-bond donors (Lipinski definition) is 1. The van der Waals surface area contributed by atoms with Gasteiger partial charge >= 0.3 is 6.36 Å². The molecule has 0 aliphatic carbocycles. The SMILES string of the molecule is CSC(=S)Oc1cccc(Br)c1F.Fc1c(Br)cccc1OC(F)(F)F.Oc1cccc(Br)c1F. The summed E-state index contributed by atoms with van der Waals surface area (Å²) in [5.74, 6) is -3.14. The molecule has 0 radical (unpaired) electrons. The van der Waals surface area contributed by atoms with E-state index in [0.717, 1.165) is 6.07 Å². The molecule has 0 saturated heterocycles. The van der Waals surface area contributed by atoms with Gasteiger partial charge in [0.25, 0.3) is 0 Å². The summed E-state index contributed by atoms with van der Waals surface area (Å²) < 4.78 is 82.8. The highest BCUT2D eigenvalue weighted by Gasteiger charge is 2.32. The van der Waals surface area contributed by atoms with Crippen molar-refractivity contribution in [3.05, 3.63) is 85.5 Å². The molecule has 0 fully saturated rings. The van der Waals surface area contributed by atoms with E-state index in [0.29, 0.717) is 8.86 Å². The first-order chi connectivity index (χ1) is 16.3. The molecule has 0 bridgehead atoms. The van der Waals surface area contributed by atoms with E-state index >= 15 is 0 Å². The van der Waals surface area contributed by atoms with Crippen LogP contribution >= 0.6 is 71.8 Å². The number of ether oxygens (including phenoxy) is 2. The average Bonchev–Trinajstić information content (AvgIpc) is 2.78. The molecule has 0 atom stereocenters. The zero-order valence-electron chi connectivity index (χ0n) is 17.2. The minimum Gasteiger partial charge on any atom is -0.505 e. The van der Waals surface area contributed by atoms with Crippen molar-refractivity contribution in [2.75, 3.05) is 6.26 Å². The third-order valence-electron chi connectivity index (χ3n) is 3.35. The lowest BCUT2D eigenvalue weighted by molar-refractivity contribution is -0.275. The molecule has 1 N–H and O–H groups in total. The second-order valence-corrected chi connectivity index (χ2v) is 9.75. The Morgan fingerprint density at radius 2 is 1.23 bits per heavy atom. The highest BCUT2D eigenvalue weighted by Crippen LogP contribution is 2.29. The van der Waals surface area contributed by atoms with Crippen LogP contribution in [0.4, 0.5) is 26.3 Å². The maximum absolute atomic E-state index is 13.3. The van der Waals surface area contributed by atoms with Crippen LogP contribution in [0.5, 0.6) is 17.2 Å². The summed E-state index contributed by atoms with van der Waals surface area (Å²) in [7, 11) is 0. The molecule has 3 aromatic carbocycles. The van der Waals surface area contributed by atoms with Crippen LogP contribution in [0.2, 0.25) is 0 Å². The van der Waals surface area contributed by atoms with Gasteiger partial charge in [-0.2, -0.15) is 0 Å². The number of benzene rings is 3. The summed E-state index contributed by atoms with van der Waals surface area (Å²) in [5.41, 5.74) is 0. The number of thioether (sulfide) groups is 1. The minimum atomic E-state index is -4.87. The molecule has 0 aromatic heterocycles. The molecular formula is C21H13Br3F6O3S2. The van der Waals surface area contributed by atoms with Gasteiger partial charge in [0.1, 0.15) is 0 Å². The molecule has 0 heterocycles. The summed E-state index contributed by atoms with van der Waals surface area (Å²) in [5, 5.41) is 8.70. The number of halogens is 9. The molecule has 3 aromatic rings. The van der Waals surface area contributed by atoms with E-state index in [1.165, 1.54) is 42.1 Å². The van der Waals surface area contributed by atoms with E-state index in [4.69, 9.17) is 22.1 Å². The van der Waals surface area contributed by atoms with Crippen LogP contribution < -0.4 is 9.47 Å². The monoisotopic (exact) mass is 728 g/mol. The maximum atomic E-state index is 13.3. The molecule has 0 aliphatic heterocycles. The first kappa shape index (κ1) is 31.5. The van der Waals surface area contributed by atoms with E-state index in [9.17, 15) is 26.3 Å². The van der Waals surface area contributed by atoms with E-state index in [1.807, 2.05) is 0 Å². The van der Waals surface area contributed by atoms with Gasteiger partial charge in [-0.3, -0.25) is 0 Å². The van der Waals surface area contributed by atoms with Crippen LogP contribution in [-0.2, 0) is 0 Å². The van der Waals surface area contributed by atoms with Gasteiger partial charge in [0.15, 0.2) is 34.7 Å². The summed E-state index contributed by atoms with van der Waals surface area (Å²) in [6.07, 6.45) is -3.10. The minimum absolute atomic E-state index is 0.0748. The van der Waals surface area contributed by atoms with Gasteiger partial charge in [-0.1, -0.05) is 30.0 Å². The normalized spacial score (nSPS) is 10.3. The molecule has 0 amide bonds. The number of thiocarbonyl (C=S) groups is 1. The highest BCUT2D eigenvalue weighted by molar-refractivity contribution is 9.11. The zero-order chi connectivity index (χ0) is 26.8. The largest absolute Gasteiger partial charge is 0.573 e. The van der Waals surface area contributed by atoms with Gasteiger partial charge in [-0.25, -0.2) is 13.2 Å². The van der Waals surface area contributed by atoms with Crippen molar-refractivity contribution in [2.24, 2.45) is 0 Å². The topological polar surface area (TPSA) is 38.7 Å². The molecule has 0 saturated carbocycles. The first-order valence-corrected chi connectivity index (χ1v) is 12.8. The summed E-state index contributed by atoms with van der Waals surface area (Å²) in [4.78, 5) is 0. The zero-order valence-corrected chi connectivity index (χ0v) is 23.6. The Hall–Kier alpha value is -1.48. The Labute approximate surface area is 231 Å². The number of alkyl halides is 3. The van der Waals surface area contributed by atoms with Crippen molar-refractivity contribution in [1.82, 2.24) is 0 Å². The fraction of sp³-hybridized carbons (Fsp3) is 0.0952. The predicted octanol–water partition coefficient (Wildman–Crippen LogP) is 9.40. The van der Waals surface area contributed by atoms with Gasteiger partial charge in [-0.15, -0.1) is 13.2 Å². The van der Waals surface area contributed by atoms with Crippen molar-refractivity contribution in [2.45, 2.75) is 6.36 Å². The maximum Gasteiger partial charge on any atom is 0.573 e. The molecule has 14 heteroatoms. The third kappa shape index (κ3) is 11.4. The number of phenols is 1. The Bertz CT molecular complexity index is 1130. The van der Waals surface area contributed by atoms with Crippen molar-refractivity contribution < 1.29 is 40.9 Å². The molecule has 0 aliphatic rings.